The van der Waals surface area contributed by atoms with Crippen LogP contribution in [0, 0.1) is 0 Å². The number of carbonyl (C=O) groups is 1. The van der Waals surface area contributed by atoms with Gasteiger partial charge in [-0.15, -0.1) is 0 Å². The predicted octanol–water partition coefficient (Wildman–Crippen LogP) is 4.14. The van der Waals surface area contributed by atoms with E-state index < -0.39 is 0 Å². The van der Waals surface area contributed by atoms with Crippen molar-refractivity contribution in [3.05, 3.63) is 59.9 Å². The molecule has 0 unspecified atom stereocenters. The fourth-order valence-corrected chi connectivity index (χ4v) is 4.42. The first-order valence-corrected chi connectivity index (χ1v) is 10.8. The smallest absolute Gasteiger partial charge is 0.254 e. The molecule has 2 aromatic carbocycles. The van der Waals surface area contributed by atoms with E-state index in [2.05, 4.69) is 4.98 Å². The topological polar surface area (TPSA) is 67.5 Å². The first-order chi connectivity index (χ1) is 14.8. The summed E-state index contributed by atoms with van der Waals surface area (Å²) in [6.45, 7) is 2.81. The van der Waals surface area contributed by atoms with Gasteiger partial charge in [-0.3, -0.25) is 4.79 Å². The lowest BCUT2D eigenvalue weighted by atomic mass is 9.96. The number of nitrogens with one attached hydrogen (secondary N) is 1. The van der Waals surface area contributed by atoms with Gasteiger partial charge in [0.05, 0.1) is 17.1 Å². The molecule has 0 radical (unpaired) electrons. The Morgan fingerprint density at radius 3 is 2.97 bits per heavy atom. The van der Waals surface area contributed by atoms with Crippen LogP contribution in [-0.4, -0.2) is 53.2 Å². The minimum atomic E-state index is 0.0541. The number of rotatable bonds is 5. The molecule has 0 spiro atoms. The monoisotopic (exact) mass is 405 g/mol. The molecule has 3 heterocycles. The predicted molar refractivity (Wildman–Crippen MR) is 115 cm³/mol. The molecule has 30 heavy (non-hydrogen) atoms. The summed E-state index contributed by atoms with van der Waals surface area (Å²) in [6, 6.07) is 15.6. The molecule has 2 atom stereocenters. The summed E-state index contributed by atoms with van der Waals surface area (Å²) in [5.41, 5.74) is 2.70. The third-order valence-electron chi connectivity index (χ3n) is 6.04. The van der Waals surface area contributed by atoms with Crippen LogP contribution in [0.15, 0.2) is 48.5 Å². The third-order valence-corrected chi connectivity index (χ3v) is 6.04. The number of piperidine rings is 1. The van der Waals surface area contributed by atoms with E-state index in [0.29, 0.717) is 18.7 Å². The molecule has 2 saturated heterocycles. The average Bonchev–Trinajstić information content (AvgIpc) is 3.47. The molecule has 0 aliphatic carbocycles. The Labute approximate surface area is 176 Å². The highest BCUT2D eigenvalue weighted by atomic mass is 16.5. The summed E-state index contributed by atoms with van der Waals surface area (Å²) < 4.78 is 11.5. The number of para-hydroxylation sites is 2. The van der Waals surface area contributed by atoms with Crippen LogP contribution >= 0.6 is 0 Å². The van der Waals surface area contributed by atoms with Gasteiger partial charge in [-0.05, 0) is 56.0 Å². The maximum Gasteiger partial charge on any atom is 0.254 e. The van der Waals surface area contributed by atoms with Crippen LogP contribution in [0.5, 0.6) is 5.75 Å². The van der Waals surface area contributed by atoms with Crippen LogP contribution in [0.1, 0.15) is 47.8 Å². The molecule has 3 aromatic rings. The number of imidazole rings is 1. The van der Waals surface area contributed by atoms with E-state index >= 15 is 0 Å². The summed E-state index contributed by atoms with van der Waals surface area (Å²) in [5.74, 6) is 1.98. The summed E-state index contributed by atoms with van der Waals surface area (Å²) >= 11 is 0. The van der Waals surface area contributed by atoms with Gasteiger partial charge < -0.3 is 19.4 Å². The van der Waals surface area contributed by atoms with Crippen LogP contribution in [0.3, 0.4) is 0 Å². The standard InChI is InChI=1S/C24H27N3O3/c28-24(17-6-3-8-19(14-17)30-16-20-9-5-13-29-20)27-12-4-7-18(15-27)23-25-21-10-1-2-11-22(21)26-23/h1-3,6,8,10-11,14,18,20H,4-5,7,9,12-13,15-16H2,(H,25,26)/t18-,20-/m0/s1. The zero-order valence-electron chi connectivity index (χ0n) is 17.0. The number of hydrogen-bond donors (Lipinski definition) is 1. The number of benzene rings is 2. The highest BCUT2D eigenvalue weighted by Gasteiger charge is 2.27. The highest BCUT2D eigenvalue weighted by molar-refractivity contribution is 5.94. The number of fused-ring (bicyclic) bond motifs is 1. The van der Waals surface area contributed by atoms with Crippen molar-refractivity contribution in [1.29, 1.82) is 0 Å². The van der Waals surface area contributed by atoms with E-state index in [4.69, 9.17) is 14.5 Å². The van der Waals surface area contributed by atoms with Gasteiger partial charge in [0.25, 0.3) is 5.91 Å². The Morgan fingerprint density at radius 1 is 1.17 bits per heavy atom. The van der Waals surface area contributed by atoms with Gasteiger partial charge in [0.2, 0.25) is 0 Å². The fourth-order valence-electron chi connectivity index (χ4n) is 4.42. The van der Waals surface area contributed by atoms with Gasteiger partial charge in [-0.2, -0.15) is 0 Å². The summed E-state index contributed by atoms with van der Waals surface area (Å²) in [6.07, 6.45) is 4.30. The van der Waals surface area contributed by atoms with Gasteiger partial charge in [0, 0.05) is 31.2 Å². The molecule has 5 rings (SSSR count). The van der Waals surface area contributed by atoms with Crippen molar-refractivity contribution < 1.29 is 14.3 Å². The number of ether oxygens (including phenoxy) is 2. The minimum absolute atomic E-state index is 0.0541. The minimum Gasteiger partial charge on any atom is -0.491 e. The Morgan fingerprint density at radius 2 is 2.10 bits per heavy atom. The van der Waals surface area contributed by atoms with Gasteiger partial charge in [0.15, 0.2) is 0 Å². The van der Waals surface area contributed by atoms with E-state index in [-0.39, 0.29) is 17.9 Å². The second-order valence-electron chi connectivity index (χ2n) is 8.20. The molecular formula is C24H27N3O3. The van der Waals surface area contributed by atoms with Crippen molar-refractivity contribution in [3.63, 3.8) is 0 Å². The molecule has 2 fully saturated rings. The number of aromatic nitrogens is 2. The largest absolute Gasteiger partial charge is 0.491 e. The van der Waals surface area contributed by atoms with Crippen LogP contribution < -0.4 is 4.74 Å². The number of H-pyrrole nitrogens is 1. The molecule has 156 valence electrons. The van der Waals surface area contributed by atoms with Gasteiger partial charge in [-0.25, -0.2) is 4.98 Å². The molecule has 1 amide bonds. The van der Waals surface area contributed by atoms with Gasteiger partial charge in [0.1, 0.15) is 18.2 Å². The van der Waals surface area contributed by atoms with Crippen LogP contribution in [-0.2, 0) is 4.74 Å². The van der Waals surface area contributed by atoms with Crippen molar-refractivity contribution >= 4 is 16.9 Å². The van der Waals surface area contributed by atoms with Gasteiger partial charge in [-0.1, -0.05) is 18.2 Å². The lowest BCUT2D eigenvalue weighted by molar-refractivity contribution is 0.0673. The van der Waals surface area contributed by atoms with Crippen LogP contribution in [0.4, 0.5) is 0 Å². The van der Waals surface area contributed by atoms with Crippen LogP contribution in [0.25, 0.3) is 11.0 Å². The molecule has 0 saturated carbocycles. The van der Waals surface area contributed by atoms with Crippen molar-refractivity contribution in [2.75, 3.05) is 26.3 Å². The average molecular weight is 405 g/mol. The van der Waals surface area contributed by atoms with E-state index in [1.54, 1.807) is 0 Å². The zero-order chi connectivity index (χ0) is 20.3. The Kier molecular flexibility index (Phi) is 5.41. The molecule has 2 aliphatic heterocycles. The molecule has 2 aliphatic rings. The Balaban J connectivity index is 1.26. The maximum absolute atomic E-state index is 13.2. The van der Waals surface area contributed by atoms with E-state index in [1.165, 1.54) is 0 Å². The van der Waals surface area contributed by atoms with Crippen molar-refractivity contribution in [3.8, 4) is 5.75 Å². The zero-order valence-corrected chi connectivity index (χ0v) is 17.0. The van der Waals surface area contributed by atoms with Crippen molar-refractivity contribution in [2.45, 2.75) is 37.7 Å². The summed E-state index contributed by atoms with van der Waals surface area (Å²) in [7, 11) is 0. The SMILES string of the molecule is O=C(c1cccc(OC[C@@H]2CCCO2)c1)N1CCC[C@H](c2nc3ccccc3[nH]2)C1. The van der Waals surface area contributed by atoms with E-state index in [9.17, 15) is 4.79 Å². The summed E-state index contributed by atoms with van der Waals surface area (Å²) in [4.78, 5) is 23.3. The number of nitrogens with zero attached hydrogens (tertiary/aromatic N) is 2. The number of amides is 1. The third kappa shape index (κ3) is 4.05. The highest BCUT2D eigenvalue weighted by Crippen LogP contribution is 2.28. The normalized spacial score (nSPS) is 21.8. The molecule has 1 N–H and O–H groups in total. The van der Waals surface area contributed by atoms with Gasteiger partial charge >= 0.3 is 0 Å². The molecular weight excluding hydrogens is 378 g/mol. The molecule has 0 bridgehead atoms. The molecule has 1 aromatic heterocycles. The number of aromatic amines is 1. The lowest BCUT2D eigenvalue weighted by Gasteiger charge is -2.32. The second kappa shape index (κ2) is 8.48. The van der Waals surface area contributed by atoms with Crippen molar-refractivity contribution in [1.82, 2.24) is 14.9 Å². The van der Waals surface area contributed by atoms with Crippen LogP contribution in [0.2, 0.25) is 0 Å². The summed E-state index contributed by atoms with van der Waals surface area (Å²) in [5, 5.41) is 0. The number of hydrogen-bond acceptors (Lipinski definition) is 4. The lowest BCUT2D eigenvalue weighted by Crippen LogP contribution is -2.39. The molecule has 6 heteroatoms. The molecule has 6 nitrogen and oxygen atoms in total. The number of likely N-dealkylation sites (tertiary alicyclic amines) is 1. The van der Waals surface area contributed by atoms with Crippen molar-refractivity contribution in [2.24, 2.45) is 0 Å². The number of carbonyl (C=O) groups excluding carboxylic acids is 1. The van der Waals surface area contributed by atoms with E-state index in [1.807, 2.05) is 53.4 Å². The Hall–Kier alpha value is -2.86. The Bertz CT molecular complexity index is 992. The first-order valence-electron chi connectivity index (χ1n) is 10.8. The maximum atomic E-state index is 13.2. The van der Waals surface area contributed by atoms with E-state index in [0.717, 1.165) is 61.4 Å². The quantitative estimate of drug-likeness (QED) is 0.693. The second-order valence-corrected chi connectivity index (χ2v) is 8.20. The fraction of sp³-hybridized carbons (Fsp3) is 0.417. The first kappa shape index (κ1) is 19.1.